The second kappa shape index (κ2) is 11.6. The maximum atomic E-state index is 13.3. The highest BCUT2D eigenvalue weighted by Crippen LogP contribution is 2.38. The summed E-state index contributed by atoms with van der Waals surface area (Å²) in [6, 6.07) is 9.65. The molecular weight excluding hydrogens is 395 g/mol. The topological polar surface area (TPSA) is 78.8 Å². The van der Waals surface area contributed by atoms with Gasteiger partial charge in [0.25, 0.3) is 0 Å². The number of aliphatic hydroxyl groups is 1. The standard InChI is InChI=1S/C24H33FN4O2/c1-2-26-23(29-18-24(13-14-30)11-4-3-5-12-24)28-17-19-9-10-22(27-16-19)31-21-8-6-7-20(25)15-21/h6-10,15-16,30H,2-5,11-14,17-18H2,1H3,(H2,26,28,29). The van der Waals surface area contributed by atoms with E-state index in [2.05, 4.69) is 20.6 Å². The van der Waals surface area contributed by atoms with Gasteiger partial charge in [-0.3, -0.25) is 0 Å². The van der Waals surface area contributed by atoms with Crippen LogP contribution < -0.4 is 15.4 Å². The van der Waals surface area contributed by atoms with Crippen LogP contribution in [-0.2, 0) is 6.54 Å². The quantitative estimate of drug-likeness (QED) is 0.408. The number of hydrogen-bond donors (Lipinski definition) is 3. The first-order valence-corrected chi connectivity index (χ1v) is 11.1. The number of hydrogen-bond acceptors (Lipinski definition) is 4. The van der Waals surface area contributed by atoms with Gasteiger partial charge in [-0.2, -0.15) is 0 Å². The number of rotatable bonds is 9. The smallest absolute Gasteiger partial charge is 0.219 e. The number of aliphatic hydroxyl groups excluding tert-OH is 1. The van der Waals surface area contributed by atoms with Crippen LogP contribution in [0.15, 0.2) is 47.6 Å². The zero-order chi connectivity index (χ0) is 21.9. The van der Waals surface area contributed by atoms with E-state index < -0.39 is 0 Å². The van der Waals surface area contributed by atoms with E-state index in [0.717, 1.165) is 43.9 Å². The third-order valence-electron chi connectivity index (χ3n) is 5.77. The molecule has 1 aromatic heterocycles. The molecule has 0 unspecified atom stereocenters. The van der Waals surface area contributed by atoms with Crippen molar-refractivity contribution < 1.29 is 14.2 Å². The summed E-state index contributed by atoms with van der Waals surface area (Å²) < 4.78 is 18.9. The van der Waals surface area contributed by atoms with Gasteiger partial charge in [0.05, 0.1) is 6.54 Å². The highest BCUT2D eigenvalue weighted by molar-refractivity contribution is 5.79. The van der Waals surface area contributed by atoms with Crippen molar-refractivity contribution in [3.05, 3.63) is 54.0 Å². The van der Waals surface area contributed by atoms with Crippen LogP contribution in [0.4, 0.5) is 4.39 Å². The lowest BCUT2D eigenvalue weighted by Gasteiger charge is -2.37. The largest absolute Gasteiger partial charge is 0.439 e. The van der Waals surface area contributed by atoms with Crippen molar-refractivity contribution in [3.8, 4) is 11.6 Å². The van der Waals surface area contributed by atoms with Crippen LogP contribution in [0, 0.1) is 11.2 Å². The van der Waals surface area contributed by atoms with Crippen molar-refractivity contribution in [2.24, 2.45) is 10.4 Å². The van der Waals surface area contributed by atoms with Gasteiger partial charge in [-0.25, -0.2) is 14.4 Å². The molecule has 31 heavy (non-hydrogen) atoms. The fraction of sp³-hybridized carbons (Fsp3) is 0.500. The fourth-order valence-electron chi connectivity index (χ4n) is 4.05. The molecule has 1 heterocycles. The summed E-state index contributed by atoms with van der Waals surface area (Å²) in [7, 11) is 0. The van der Waals surface area contributed by atoms with Gasteiger partial charge in [0.15, 0.2) is 5.96 Å². The average molecular weight is 429 g/mol. The van der Waals surface area contributed by atoms with Crippen LogP contribution in [0.5, 0.6) is 11.6 Å². The molecule has 7 heteroatoms. The third kappa shape index (κ3) is 7.21. The molecule has 1 aliphatic rings. The van der Waals surface area contributed by atoms with E-state index in [1.807, 2.05) is 13.0 Å². The van der Waals surface area contributed by atoms with Gasteiger partial charge < -0.3 is 20.5 Å². The summed E-state index contributed by atoms with van der Waals surface area (Å²) in [5.74, 6) is 1.24. The van der Waals surface area contributed by atoms with Gasteiger partial charge in [0, 0.05) is 38.0 Å². The monoisotopic (exact) mass is 428 g/mol. The van der Waals surface area contributed by atoms with Crippen LogP contribution in [-0.4, -0.2) is 35.7 Å². The molecule has 1 aliphatic carbocycles. The Morgan fingerprint density at radius 2 is 2.03 bits per heavy atom. The minimum Gasteiger partial charge on any atom is -0.439 e. The number of nitrogens with one attached hydrogen (secondary N) is 2. The maximum Gasteiger partial charge on any atom is 0.219 e. The van der Waals surface area contributed by atoms with E-state index in [9.17, 15) is 9.50 Å². The zero-order valence-corrected chi connectivity index (χ0v) is 18.2. The highest BCUT2D eigenvalue weighted by Gasteiger charge is 2.31. The minimum atomic E-state index is -0.346. The van der Waals surface area contributed by atoms with Crippen molar-refractivity contribution in [2.45, 2.75) is 52.0 Å². The van der Waals surface area contributed by atoms with E-state index in [1.54, 1.807) is 24.4 Å². The predicted octanol–water partition coefficient (Wildman–Crippen LogP) is 4.40. The van der Waals surface area contributed by atoms with Gasteiger partial charge in [-0.1, -0.05) is 31.4 Å². The predicted molar refractivity (Wildman–Crippen MR) is 121 cm³/mol. The normalized spacial score (nSPS) is 16.0. The average Bonchev–Trinajstić information content (AvgIpc) is 2.78. The Bertz CT molecular complexity index is 830. The Hall–Kier alpha value is -2.67. The van der Waals surface area contributed by atoms with Gasteiger partial charge in [-0.15, -0.1) is 0 Å². The second-order valence-corrected chi connectivity index (χ2v) is 8.15. The minimum absolute atomic E-state index is 0.153. The summed E-state index contributed by atoms with van der Waals surface area (Å²) >= 11 is 0. The number of nitrogens with zero attached hydrogens (tertiary/aromatic N) is 2. The lowest BCUT2D eigenvalue weighted by atomic mass is 9.72. The van der Waals surface area contributed by atoms with Gasteiger partial charge in [0.1, 0.15) is 11.6 Å². The Kier molecular flexibility index (Phi) is 8.64. The third-order valence-corrected chi connectivity index (χ3v) is 5.77. The number of ether oxygens (including phenoxy) is 1. The fourth-order valence-corrected chi connectivity index (χ4v) is 4.05. The van der Waals surface area contributed by atoms with E-state index >= 15 is 0 Å². The number of guanidine groups is 1. The Morgan fingerprint density at radius 1 is 1.19 bits per heavy atom. The molecule has 0 spiro atoms. The number of aliphatic imine (C=N–C) groups is 1. The Balaban J connectivity index is 1.58. The van der Waals surface area contributed by atoms with Crippen LogP contribution in [0.2, 0.25) is 0 Å². The highest BCUT2D eigenvalue weighted by atomic mass is 19.1. The molecule has 0 radical (unpaired) electrons. The van der Waals surface area contributed by atoms with E-state index in [4.69, 9.17) is 4.74 Å². The summed E-state index contributed by atoms with van der Waals surface area (Å²) in [4.78, 5) is 8.99. The second-order valence-electron chi connectivity index (χ2n) is 8.15. The molecule has 1 fully saturated rings. The lowest BCUT2D eigenvalue weighted by Crippen LogP contribution is -2.44. The van der Waals surface area contributed by atoms with Gasteiger partial charge >= 0.3 is 0 Å². The van der Waals surface area contributed by atoms with Crippen LogP contribution in [0.1, 0.15) is 51.0 Å². The maximum absolute atomic E-state index is 13.3. The molecule has 0 atom stereocenters. The molecule has 1 aromatic carbocycles. The Morgan fingerprint density at radius 3 is 2.71 bits per heavy atom. The van der Waals surface area contributed by atoms with Crippen LogP contribution in [0.3, 0.4) is 0 Å². The Labute approximate surface area is 184 Å². The molecule has 2 aromatic rings. The van der Waals surface area contributed by atoms with Crippen molar-refractivity contribution in [2.75, 3.05) is 19.7 Å². The summed E-state index contributed by atoms with van der Waals surface area (Å²) in [6.07, 6.45) is 8.59. The van der Waals surface area contributed by atoms with Crippen LogP contribution in [0.25, 0.3) is 0 Å². The molecule has 1 saturated carbocycles. The summed E-state index contributed by atoms with van der Waals surface area (Å²) in [5.41, 5.74) is 1.10. The molecule has 0 bridgehead atoms. The summed E-state index contributed by atoms with van der Waals surface area (Å²) in [6.45, 7) is 4.34. The van der Waals surface area contributed by atoms with Crippen molar-refractivity contribution in [1.82, 2.24) is 15.6 Å². The number of aromatic nitrogens is 1. The molecule has 6 nitrogen and oxygen atoms in total. The first-order valence-electron chi connectivity index (χ1n) is 11.1. The van der Waals surface area contributed by atoms with Crippen molar-refractivity contribution in [3.63, 3.8) is 0 Å². The van der Waals surface area contributed by atoms with Gasteiger partial charge in [0.2, 0.25) is 5.88 Å². The first kappa shape index (κ1) is 23.0. The molecular formula is C24H33FN4O2. The molecule has 168 valence electrons. The summed E-state index contributed by atoms with van der Waals surface area (Å²) in [5, 5.41) is 16.3. The van der Waals surface area contributed by atoms with E-state index in [-0.39, 0.29) is 17.8 Å². The molecule has 0 aliphatic heterocycles. The molecule has 3 N–H and O–H groups in total. The molecule has 3 rings (SSSR count). The number of halogens is 1. The lowest BCUT2D eigenvalue weighted by molar-refractivity contribution is 0.131. The van der Waals surface area contributed by atoms with Crippen LogP contribution >= 0.6 is 0 Å². The molecule has 0 saturated heterocycles. The molecule has 0 amide bonds. The van der Waals surface area contributed by atoms with E-state index in [0.29, 0.717) is 18.2 Å². The van der Waals surface area contributed by atoms with Crippen molar-refractivity contribution in [1.29, 1.82) is 0 Å². The zero-order valence-electron chi connectivity index (χ0n) is 18.2. The number of pyridine rings is 1. The first-order chi connectivity index (χ1) is 15.1. The van der Waals surface area contributed by atoms with Gasteiger partial charge in [-0.05, 0) is 49.3 Å². The van der Waals surface area contributed by atoms with E-state index in [1.165, 1.54) is 31.4 Å². The number of benzene rings is 1. The SMILES string of the molecule is CCNC(=NCc1ccc(Oc2cccc(F)c2)nc1)NCC1(CCO)CCCCC1. The van der Waals surface area contributed by atoms with Crippen molar-refractivity contribution >= 4 is 5.96 Å².